The van der Waals surface area contributed by atoms with Gasteiger partial charge in [0.05, 0.1) is 13.2 Å². The Morgan fingerprint density at radius 3 is 2.55 bits per heavy atom. The van der Waals surface area contributed by atoms with Gasteiger partial charge in [0.25, 0.3) is 0 Å². The van der Waals surface area contributed by atoms with E-state index in [2.05, 4.69) is 15.1 Å². The number of hydrogen-bond donors (Lipinski definition) is 1. The van der Waals surface area contributed by atoms with E-state index in [-0.39, 0.29) is 30.7 Å². The number of morpholine rings is 1. The highest BCUT2D eigenvalue weighted by Crippen LogP contribution is 2.20. The fraction of sp³-hybridized carbons (Fsp3) is 0.933. The molecule has 2 heterocycles. The Balaban J connectivity index is 0.00000220. The first kappa shape index (κ1) is 21.9. The van der Waals surface area contributed by atoms with Crippen LogP contribution in [0.5, 0.6) is 0 Å². The van der Waals surface area contributed by atoms with Gasteiger partial charge >= 0.3 is 0 Å². The van der Waals surface area contributed by atoms with Crippen molar-refractivity contribution in [3.8, 4) is 0 Å². The summed E-state index contributed by atoms with van der Waals surface area (Å²) in [6, 6.07) is 0.397. The number of likely N-dealkylation sites (tertiary alicyclic amines) is 1. The van der Waals surface area contributed by atoms with Crippen molar-refractivity contribution in [1.82, 2.24) is 15.1 Å². The standard InChI is InChI=1S/C15H29N3O2.2ClH/c1-13(11-16-2)15(19)18-6-4-3-5-14(18)12-17-7-9-20-10-8-17;;/h13-14,16H,3-12H2,1-2H3;2*1H. The molecule has 1 N–H and O–H groups in total. The normalized spacial score (nSPS) is 24.1. The van der Waals surface area contributed by atoms with E-state index in [9.17, 15) is 4.79 Å². The van der Waals surface area contributed by atoms with Crippen LogP contribution in [0.25, 0.3) is 0 Å². The smallest absolute Gasteiger partial charge is 0.226 e. The molecular weight excluding hydrogens is 325 g/mol. The molecule has 0 radical (unpaired) electrons. The molecule has 0 saturated carbocycles. The van der Waals surface area contributed by atoms with Crippen LogP contribution in [0.2, 0.25) is 0 Å². The molecule has 2 unspecified atom stereocenters. The first-order valence-electron chi connectivity index (χ1n) is 7.97. The third kappa shape index (κ3) is 6.20. The van der Waals surface area contributed by atoms with E-state index in [0.717, 1.165) is 58.8 Å². The molecule has 22 heavy (non-hydrogen) atoms. The highest BCUT2D eigenvalue weighted by Gasteiger charge is 2.30. The number of rotatable bonds is 5. The molecular formula is C15H31Cl2N3O2. The van der Waals surface area contributed by atoms with Gasteiger partial charge < -0.3 is 15.0 Å². The summed E-state index contributed by atoms with van der Waals surface area (Å²) in [6.07, 6.45) is 3.55. The molecule has 2 rings (SSSR count). The fourth-order valence-electron chi connectivity index (χ4n) is 3.24. The van der Waals surface area contributed by atoms with Crippen molar-refractivity contribution in [2.75, 3.05) is 53.0 Å². The Morgan fingerprint density at radius 2 is 1.91 bits per heavy atom. The Hall–Kier alpha value is -0.0700. The molecule has 0 aliphatic carbocycles. The monoisotopic (exact) mass is 355 g/mol. The van der Waals surface area contributed by atoms with Crippen molar-refractivity contribution in [3.63, 3.8) is 0 Å². The predicted octanol–water partition coefficient (Wildman–Crippen LogP) is 1.40. The molecule has 0 bridgehead atoms. The maximum atomic E-state index is 12.6. The van der Waals surface area contributed by atoms with E-state index >= 15 is 0 Å². The molecule has 0 aromatic rings. The van der Waals surface area contributed by atoms with Gasteiger partial charge in [-0.05, 0) is 26.3 Å². The number of carbonyl (C=O) groups is 1. The SMILES string of the molecule is CNCC(C)C(=O)N1CCCCC1CN1CCOCC1.Cl.Cl. The zero-order chi connectivity index (χ0) is 14.4. The summed E-state index contributed by atoms with van der Waals surface area (Å²) in [6.45, 7) is 8.41. The minimum absolute atomic E-state index is 0. The lowest BCUT2D eigenvalue weighted by Crippen LogP contribution is -2.53. The Kier molecular flexibility index (Phi) is 11.4. The summed E-state index contributed by atoms with van der Waals surface area (Å²) in [5.41, 5.74) is 0. The number of nitrogens with zero attached hydrogens (tertiary/aromatic N) is 2. The van der Waals surface area contributed by atoms with Gasteiger partial charge in [0, 0.05) is 44.7 Å². The fourth-order valence-corrected chi connectivity index (χ4v) is 3.24. The van der Waals surface area contributed by atoms with Gasteiger partial charge in [-0.2, -0.15) is 0 Å². The third-order valence-electron chi connectivity index (χ3n) is 4.41. The van der Waals surface area contributed by atoms with Gasteiger partial charge in [-0.25, -0.2) is 0 Å². The minimum atomic E-state index is 0. The highest BCUT2D eigenvalue weighted by molar-refractivity contribution is 5.85. The van der Waals surface area contributed by atoms with Crippen LogP contribution >= 0.6 is 24.8 Å². The molecule has 0 spiro atoms. The molecule has 2 aliphatic rings. The molecule has 0 aromatic carbocycles. The average Bonchev–Trinajstić information content (AvgIpc) is 2.48. The van der Waals surface area contributed by atoms with E-state index in [4.69, 9.17) is 4.74 Å². The van der Waals surface area contributed by atoms with E-state index in [1.807, 2.05) is 14.0 Å². The summed E-state index contributed by atoms with van der Waals surface area (Å²) in [4.78, 5) is 17.2. The van der Waals surface area contributed by atoms with Gasteiger partial charge in [-0.15, -0.1) is 24.8 Å². The van der Waals surface area contributed by atoms with Crippen LogP contribution in [-0.4, -0.2) is 74.7 Å². The van der Waals surface area contributed by atoms with E-state index in [1.54, 1.807) is 0 Å². The summed E-state index contributed by atoms with van der Waals surface area (Å²) in [7, 11) is 1.91. The number of nitrogens with one attached hydrogen (secondary N) is 1. The minimum Gasteiger partial charge on any atom is -0.379 e. The first-order chi connectivity index (χ1) is 9.72. The maximum absolute atomic E-state index is 12.6. The van der Waals surface area contributed by atoms with Gasteiger partial charge in [-0.3, -0.25) is 9.69 Å². The van der Waals surface area contributed by atoms with Crippen LogP contribution in [0.4, 0.5) is 0 Å². The van der Waals surface area contributed by atoms with Crippen LogP contribution in [0.3, 0.4) is 0 Å². The number of halogens is 2. The van der Waals surface area contributed by atoms with Crippen molar-refractivity contribution >= 4 is 30.7 Å². The van der Waals surface area contributed by atoms with Crippen molar-refractivity contribution < 1.29 is 9.53 Å². The lowest BCUT2D eigenvalue weighted by molar-refractivity contribution is -0.139. The molecule has 1 amide bonds. The summed E-state index contributed by atoms with van der Waals surface area (Å²) >= 11 is 0. The molecule has 7 heteroatoms. The molecule has 132 valence electrons. The Morgan fingerprint density at radius 1 is 1.23 bits per heavy atom. The molecule has 2 saturated heterocycles. The Labute approximate surface area is 146 Å². The third-order valence-corrected chi connectivity index (χ3v) is 4.41. The molecule has 2 aliphatic heterocycles. The van der Waals surface area contributed by atoms with Crippen molar-refractivity contribution in [3.05, 3.63) is 0 Å². The van der Waals surface area contributed by atoms with E-state index in [0.29, 0.717) is 11.9 Å². The number of piperidine rings is 1. The lowest BCUT2D eigenvalue weighted by atomic mass is 9.99. The molecule has 5 nitrogen and oxygen atoms in total. The summed E-state index contributed by atoms with van der Waals surface area (Å²) in [5.74, 6) is 0.391. The van der Waals surface area contributed by atoms with E-state index < -0.39 is 0 Å². The van der Waals surface area contributed by atoms with Crippen LogP contribution in [0.1, 0.15) is 26.2 Å². The summed E-state index contributed by atoms with van der Waals surface area (Å²) in [5, 5.41) is 3.11. The quantitative estimate of drug-likeness (QED) is 0.809. The average molecular weight is 356 g/mol. The van der Waals surface area contributed by atoms with Crippen LogP contribution in [0.15, 0.2) is 0 Å². The number of hydrogen-bond acceptors (Lipinski definition) is 4. The van der Waals surface area contributed by atoms with Gasteiger partial charge in [0.1, 0.15) is 0 Å². The van der Waals surface area contributed by atoms with Crippen molar-refractivity contribution in [1.29, 1.82) is 0 Å². The maximum Gasteiger partial charge on any atom is 0.226 e. The van der Waals surface area contributed by atoms with Crippen molar-refractivity contribution in [2.45, 2.75) is 32.2 Å². The Bertz CT molecular complexity index is 315. The second-order valence-corrected chi connectivity index (χ2v) is 6.05. The van der Waals surface area contributed by atoms with Crippen LogP contribution in [0, 0.1) is 5.92 Å². The van der Waals surface area contributed by atoms with Gasteiger partial charge in [0.15, 0.2) is 0 Å². The first-order valence-corrected chi connectivity index (χ1v) is 7.97. The second kappa shape index (κ2) is 11.5. The predicted molar refractivity (Wildman–Crippen MR) is 94.2 cm³/mol. The topological polar surface area (TPSA) is 44.8 Å². The van der Waals surface area contributed by atoms with Gasteiger partial charge in [0.2, 0.25) is 5.91 Å². The number of amides is 1. The second-order valence-electron chi connectivity index (χ2n) is 6.05. The molecule has 0 aromatic heterocycles. The number of ether oxygens (including phenoxy) is 1. The largest absolute Gasteiger partial charge is 0.379 e. The van der Waals surface area contributed by atoms with Crippen molar-refractivity contribution in [2.24, 2.45) is 5.92 Å². The lowest BCUT2D eigenvalue weighted by Gasteiger charge is -2.40. The summed E-state index contributed by atoms with van der Waals surface area (Å²) < 4.78 is 5.40. The highest BCUT2D eigenvalue weighted by atomic mass is 35.5. The number of carbonyl (C=O) groups excluding carboxylic acids is 1. The zero-order valence-corrected chi connectivity index (χ0v) is 15.4. The zero-order valence-electron chi connectivity index (χ0n) is 13.8. The van der Waals surface area contributed by atoms with Crippen LogP contribution in [-0.2, 0) is 9.53 Å². The van der Waals surface area contributed by atoms with E-state index in [1.165, 1.54) is 6.42 Å². The van der Waals surface area contributed by atoms with Gasteiger partial charge in [-0.1, -0.05) is 6.92 Å². The molecule has 2 atom stereocenters. The van der Waals surface area contributed by atoms with Crippen LogP contribution < -0.4 is 5.32 Å². The molecule has 2 fully saturated rings.